The predicted molar refractivity (Wildman–Crippen MR) is 67.9 cm³/mol. The quantitative estimate of drug-likeness (QED) is 0.829. The molecule has 0 saturated carbocycles. The summed E-state index contributed by atoms with van der Waals surface area (Å²) in [4.78, 5) is 4.26. The number of hydrogen-bond acceptors (Lipinski definition) is 6. The first kappa shape index (κ1) is 11.3. The SMILES string of the molecule is CCNc1nnc(SCc2ccccn2)s1. The van der Waals surface area contributed by atoms with Crippen LogP contribution >= 0.6 is 23.1 Å². The van der Waals surface area contributed by atoms with Gasteiger partial charge >= 0.3 is 0 Å². The van der Waals surface area contributed by atoms with Gasteiger partial charge in [-0.15, -0.1) is 10.2 Å². The minimum atomic E-state index is 0.835. The van der Waals surface area contributed by atoms with Crippen LogP contribution < -0.4 is 5.32 Å². The molecule has 0 spiro atoms. The van der Waals surface area contributed by atoms with Crippen LogP contribution in [0.1, 0.15) is 12.6 Å². The van der Waals surface area contributed by atoms with E-state index < -0.39 is 0 Å². The highest BCUT2D eigenvalue weighted by atomic mass is 32.2. The van der Waals surface area contributed by atoms with Gasteiger partial charge < -0.3 is 5.32 Å². The molecule has 2 aromatic heterocycles. The first-order chi connectivity index (χ1) is 7.88. The second kappa shape index (κ2) is 5.81. The molecule has 0 radical (unpaired) electrons. The Hall–Kier alpha value is -1.14. The van der Waals surface area contributed by atoms with Crippen molar-refractivity contribution in [2.24, 2.45) is 0 Å². The molecule has 0 aliphatic rings. The Labute approximate surface area is 103 Å². The highest BCUT2D eigenvalue weighted by molar-refractivity contribution is 8.00. The van der Waals surface area contributed by atoms with Gasteiger partial charge in [-0.1, -0.05) is 29.2 Å². The predicted octanol–water partition coefficient (Wildman–Crippen LogP) is 2.66. The van der Waals surface area contributed by atoms with E-state index in [2.05, 4.69) is 20.5 Å². The maximum absolute atomic E-state index is 4.26. The minimum Gasteiger partial charge on any atom is -0.360 e. The van der Waals surface area contributed by atoms with E-state index in [0.717, 1.165) is 27.5 Å². The van der Waals surface area contributed by atoms with E-state index in [-0.39, 0.29) is 0 Å². The maximum atomic E-state index is 4.26. The van der Waals surface area contributed by atoms with Crippen molar-refractivity contribution in [3.05, 3.63) is 30.1 Å². The van der Waals surface area contributed by atoms with Crippen molar-refractivity contribution in [1.82, 2.24) is 15.2 Å². The van der Waals surface area contributed by atoms with Gasteiger partial charge in [0.15, 0.2) is 4.34 Å². The van der Waals surface area contributed by atoms with Gasteiger partial charge in [-0.3, -0.25) is 4.98 Å². The topological polar surface area (TPSA) is 50.7 Å². The van der Waals surface area contributed by atoms with E-state index in [4.69, 9.17) is 0 Å². The Morgan fingerprint density at radius 2 is 2.31 bits per heavy atom. The Balaban J connectivity index is 1.89. The van der Waals surface area contributed by atoms with Gasteiger partial charge in [-0.2, -0.15) is 0 Å². The Kier molecular flexibility index (Phi) is 4.12. The first-order valence-electron chi connectivity index (χ1n) is 4.98. The molecule has 0 aliphatic heterocycles. The monoisotopic (exact) mass is 252 g/mol. The van der Waals surface area contributed by atoms with Crippen LogP contribution in [0.15, 0.2) is 28.7 Å². The van der Waals surface area contributed by atoms with Crippen molar-refractivity contribution in [3.63, 3.8) is 0 Å². The van der Waals surface area contributed by atoms with Crippen molar-refractivity contribution in [1.29, 1.82) is 0 Å². The van der Waals surface area contributed by atoms with E-state index >= 15 is 0 Å². The molecule has 0 saturated heterocycles. The second-order valence-corrected chi connectivity index (χ2v) is 5.21. The molecule has 16 heavy (non-hydrogen) atoms. The van der Waals surface area contributed by atoms with Crippen LogP contribution in [0.25, 0.3) is 0 Å². The van der Waals surface area contributed by atoms with Gasteiger partial charge in [-0.05, 0) is 19.1 Å². The number of nitrogens with zero attached hydrogens (tertiary/aromatic N) is 3. The average Bonchev–Trinajstić information content (AvgIpc) is 2.76. The van der Waals surface area contributed by atoms with Crippen LogP contribution in [0.5, 0.6) is 0 Å². The molecule has 0 fully saturated rings. The fourth-order valence-corrected chi connectivity index (χ4v) is 2.85. The fraction of sp³-hybridized carbons (Fsp3) is 0.300. The number of pyridine rings is 1. The Morgan fingerprint density at radius 3 is 3.06 bits per heavy atom. The number of hydrogen-bond donors (Lipinski definition) is 1. The van der Waals surface area contributed by atoms with Gasteiger partial charge in [0, 0.05) is 18.5 Å². The summed E-state index contributed by atoms with van der Waals surface area (Å²) in [5.74, 6) is 0.835. The van der Waals surface area contributed by atoms with Crippen molar-refractivity contribution in [2.75, 3.05) is 11.9 Å². The van der Waals surface area contributed by atoms with Gasteiger partial charge in [0.1, 0.15) is 0 Å². The zero-order valence-corrected chi connectivity index (χ0v) is 10.5. The maximum Gasteiger partial charge on any atom is 0.206 e. The normalized spacial score (nSPS) is 10.3. The smallest absolute Gasteiger partial charge is 0.206 e. The molecule has 4 nitrogen and oxygen atoms in total. The van der Waals surface area contributed by atoms with Gasteiger partial charge in [0.25, 0.3) is 0 Å². The van der Waals surface area contributed by atoms with Crippen LogP contribution in [0, 0.1) is 0 Å². The molecule has 0 bridgehead atoms. The van der Waals surface area contributed by atoms with Crippen LogP contribution in [0.4, 0.5) is 5.13 Å². The number of anilines is 1. The third-order valence-electron chi connectivity index (χ3n) is 1.80. The molecule has 84 valence electrons. The molecule has 6 heteroatoms. The third kappa shape index (κ3) is 3.18. The van der Waals surface area contributed by atoms with Gasteiger partial charge in [-0.25, -0.2) is 0 Å². The van der Waals surface area contributed by atoms with Gasteiger partial charge in [0.05, 0.1) is 5.69 Å². The van der Waals surface area contributed by atoms with Gasteiger partial charge in [0.2, 0.25) is 5.13 Å². The number of thioether (sulfide) groups is 1. The number of aromatic nitrogens is 3. The largest absolute Gasteiger partial charge is 0.360 e. The van der Waals surface area contributed by atoms with E-state index in [0.29, 0.717) is 0 Å². The average molecular weight is 252 g/mol. The zero-order valence-electron chi connectivity index (χ0n) is 8.88. The Morgan fingerprint density at radius 1 is 1.38 bits per heavy atom. The van der Waals surface area contributed by atoms with E-state index in [9.17, 15) is 0 Å². The van der Waals surface area contributed by atoms with E-state index in [1.807, 2.05) is 25.1 Å². The second-order valence-electron chi connectivity index (χ2n) is 3.01. The molecule has 1 N–H and O–H groups in total. The molecule has 0 amide bonds. The molecule has 0 atom stereocenters. The standard InChI is InChI=1S/C10H12N4S2/c1-2-11-9-13-14-10(16-9)15-7-8-5-3-4-6-12-8/h3-6H,2,7H2,1H3,(H,11,13). The molecule has 0 aromatic carbocycles. The van der Waals surface area contributed by atoms with Crippen molar-refractivity contribution < 1.29 is 0 Å². The molecule has 2 aromatic rings. The lowest BCUT2D eigenvalue weighted by Gasteiger charge is -1.95. The van der Waals surface area contributed by atoms with Crippen LogP contribution in [-0.2, 0) is 5.75 Å². The van der Waals surface area contributed by atoms with E-state index in [1.54, 1.807) is 29.3 Å². The summed E-state index contributed by atoms with van der Waals surface area (Å²) in [7, 11) is 0. The van der Waals surface area contributed by atoms with Crippen LogP contribution in [0.3, 0.4) is 0 Å². The summed E-state index contributed by atoms with van der Waals surface area (Å²) >= 11 is 3.24. The lowest BCUT2D eigenvalue weighted by molar-refractivity contribution is 1.00. The molecular weight excluding hydrogens is 240 g/mol. The number of nitrogens with one attached hydrogen (secondary N) is 1. The summed E-state index contributed by atoms with van der Waals surface area (Å²) in [6.45, 7) is 2.92. The first-order valence-corrected chi connectivity index (χ1v) is 6.79. The lowest BCUT2D eigenvalue weighted by atomic mass is 10.4. The summed E-state index contributed by atoms with van der Waals surface area (Å²) < 4.78 is 0.974. The molecule has 2 heterocycles. The summed E-state index contributed by atoms with van der Waals surface area (Å²) in [6, 6.07) is 5.93. The van der Waals surface area contributed by atoms with Crippen LogP contribution in [-0.4, -0.2) is 21.7 Å². The van der Waals surface area contributed by atoms with Crippen molar-refractivity contribution in [3.8, 4) is 0 Å². The van der Waals surface area contributed by atoms with Crippen molar-refractivity contribution in [2.45, 2.75) is 17.0 Å². The summed E-state index contributed by atoms with van der Waals surface area (Å²) in [5, 5.41) is 12.1. The van der Waals surface area contributed by atoms with Crippen molar-refractivity contribution >= 4 is 28.2 Å². The molecule has 0 aliphatic carbocycles. The summed E-state index contributed by atoms with van der Waals surface area (Å²) in [6.07, 6.45) is 1.81. The highest BCUT2D eigenvalue weighted by Gasteiger charge is 2.04. The zero-order chi connectivity index (χ0) is 11.2. The Bertz CT molecular complexity index is 429. The van der Waals surface area contributed by atoms with Crippen LogP contribution in [0.2, 0.25) is 0 Å². The fourth-order valence-electron chi connectivity index (χ4n) is 1.11. The highest BCUT2D eigenvalue weighted by Crippen LogP contribution is 2.27. The molecule has 0 unspecified atom stereocenters. The third-order valence-corrected chi connectivity index (χ3v) is 3.85. The molecule has 2 rings (SSSR count). The summed E-state index contributed by atoms with van der Waals surface area (Å²) in [5.41, 5.74) is 1.06. The van der Waals surface area contributed by atoms with E-state index in [1.165, 1.54) is 0 Å². The lowest BCUT2D eigenvalue weighted by Crippen LogP contribution is -1.94. The minimum absolute atomic E-state index is 0.835. The molecular formula is C10H12N4S2. The number of rotatable bonds is 5.